The molecule has 0 unspecified atom stereocenters. The minimum absolute atomic E-state index is 0.00226. The minimum atomic E-state index is -0.00226. The average molecular weight is 245 g/mol. The van der Waals surface area contributed by atoms with Crippen LogP contribution in [0.4, 0.5) is 17.7 Å². The molecular weight excluding hydrogens is 239 g/mol. The van der Waals surface area contributed by atoms with Gasteiger partial charge in [0.15, 0.2) is 0 Å². The summed E-state index contributed by atoms with van der Waals surface area (Å²) in [5.41, 5.74) is 5.95. The number of benzene rings is 1. The lowest BCUT2D eigenvalue weighted by Gasteiger charge is -2.02. The number of nitrogens with two attached hydrogens (primary N) is 1. The van der Waals surface area contributed by atoms with Crippen molar-refractivity contribution >= 4 is 40.9 Å². The van der Waals surface area contributed by atoms with Crippen molar-refractivity contribution in [2.45, 2.75) is 0 Å². The van der Waals surface area contributed by atoms with Crippen molar-refractivity contribution in [1.82, 2.24) is 10.2 Å². The third-order valence-electron chi connectivity index (χ3n) is 1.61. The summed E-state index contributed by atoms with van der Waals surface area (Å²) in [6.45, 7) is 0. The predicted molar refractivity (Wildman–Crippen MR) is 58.5 cm³/mol. The van der Waals surface area contributed by atoms with Gasteiger partial charge in [-0.25, -0.2) is 0 Å². The normalized spacial score (nSPS) is 10.3. The van der Waals surface area contributed by atoms with Crippen LogP contribution in [0.2, 0.25) is 10.0 Å². The molecule has 0 radical (unpaired) electrons. The van der Waals surface area contributed by atoms with E-state index in [1.807, 2.05) is 0 Å². The molecular formula is C8H6Cl2N4O. The van der Waals surface area contributed by atoms with Crippen LogP contribution >= 0.6 is 23.2 Å². The molecule has 5 nitrogen and oxygen atoms in total. The molecule has 0 bridgehead atoms. The molecule has 7 heteroatoms. The summed E-state index contributed by atoms with van der Waals surface area (Å²) in [7, 11) is 0. The van der Waals surface area contributed by atoms with Crippen molar-refractivity contribution in [3.8, 4) is 0 Å². The Kier molecular flexibility index (Phi) is 2.66. The molecule has 0 amide bonds. The van der Waals surface area contributed by atoms with E-state index >= 15 is 0 Å². The van der Waals surface area contributed by atoms with Crippen LogP contribution < -0.4 is 11.1 Å². The molecule has 0 saturated heterocycles. The molecule has 1 aromatic carbocycles. The van der Waals surface area contributed by atoms with Gasteiger partial charge in [-0.15, -0.1) is 0 Å². The lowest BCUT2D eigenvalue weighted by atomic mass is 10.3. The van der Waals surface area contributed by atoms with Crippen LogP contribution in [0.15, 0.2) is 22.6 Å². The van der Waals surface area contributed by atoms with Gasteiger partial charge in [-0.05, 0) is 18.2 Å². The van der Waals surface area contributed by atoms with E-state index in [9.17, 15) is 0 Å². The first-order valence-corrected chi connectivity index (χ1v) is 4.72. The fraction of sp³-hybridized carbons (Fsp3) is 0. The number of nitrogen functional groups attached to an aromatic ring is 1. The van der Waals surface area contributed by atoms with Gasteiger partial charge in [0.05, 0.1) is 10.0 Å². The Bertz CT molecular complexity index is 485. The lowest BCUT2D eigenvalue weighted by molar-refractivity contribution is 0.593. The lowest BCUT2D eigenvalue weighted by Crippen LogP contribution is -1.90. The molecule has 0 aliphatic carbocycles. The smallest absolute Gasteiger partial charge is 0.321 e. The van der Waals surface area contributed by atoms with Crippen LogP contribution in [-0.4, -0.2) is 10.2 Å². The van der Waals surface area contributed by atoms with E-state index in [2.05, 4.69) is 15.5 Å². The Morgan fingerprint density at radius 3 is 2.60 bits per heavy atom. The molecule has 0 spiro atoms. The van der Waals surface area contributed by atoms with Gasteiger partial charge in [-0.2, -0.15) is 0 Å². The number of hydrogen-bond acceptors (Lipinski definition) is 5. The zero-order chi connectivity index (χ0) is 10.8. The highest BCUT2D eigenvalue weighted by atomic mass is 35.5. The molecule has 78 valence electrons. The fourth-order valence-electron chi connectivity index (χ4n) is 0.982. The van der Waals surface area contributed by atoms with Gasteiger partial charge >= 0.3 is 12.0 Å². The third-order valence-corrected chi connectivity index (χ3v) is 2.35. The largest absolute Gasteiger partial charge is 0.389 e. The highest BCUT2D eigenvalue weighted by Crippen LogP contribution is 2.26. The maximum Gasteiger partial charge on any atom is 0.321 e. The Morgan fingerprint density at radius 2 is 2.00 bits per heavy atom. The third kappa shape index (κ3) is 2.31. The van der Waals surface area contributed by atoms with Gasteiger partial charge in [0.2, 0.25) is 0 Å². The van der Waals surface area contributed by atoms with Crippen molar-refractivity contribution in [3.63, 3.8) is 0 Å². The van der Waals surface area contributed by atoms with Crippen LogP contribution in [0.3, 0.4) is 0 Å². The highest BCUT2D eigenvalue weighted by Gasteiger charge is 2.04. The molecule has 0 aliphatic rings. The minimum Gasteiger partial charge on any atom is -0.389 e. The quantitative estimate of drug-likeness (QED) is 0.850. The zero-order valence-corrected chi connectivity index (χ0v) is 8.88. The zero-order valence-electron chi connectivity index (χ0n) is 7.37. The molecule has 1 aromatic heterocycles. The van der Waals surface area contributed by atoms with Gasteiger partial charge < -0.3 is 15.5 Å². The Labute approximate surface area is 95.2 Å². The average Bonchev–Trinajstić information content (AvgIpc) is 2.58. The summed E-state index contributed by atoms with van der Waals surface area (Å²) >= 11 is 11.6. The Morgan fingerprint density at radius 1 is 1.20 bits per heavy atom. The highest BCUT2D eigenvalue weighted by molar-refractivity contribution is 6.42. The molecule has 15 heavy (non-hydrogen) atoms. The van der Waals surface area contributed by atoms with E-state index in [1.54, 1.807) is 18.2 Å². The van der Waals surface area contributed by atoms with Crippen molar-refractivity contribution in [2.75, 3.05) is 11.1 Å². The van der Waals surface area contributed by atoms with E-state index in [4.69, 9.17) is 33.4 Å². The second kappa shape index (κ2) is 3.96. The molecule has 1 heterocycles. The molecule has 0 saturated carbocycles. The summed E-state index contributed by atoms with van der Waals surface area (Å²) < 4.78 is 4.93. The Hall–Kier alpha value is -1.46. The van der Waals surface area contributed by atoms with Crippen molar-refractivity contribution in [2.24, 2.45) is 0 Å². The number of hydrogen-bond donors (Lipinski definition) is 2. The molecule has 2 rings (SSSR count). The number of halogens is 2. The first-order valence-electron chi connectivity index (χ1n) is 3.96. The van der Waals surface area contributed by atoms with Crippen LogP contribution in [-0.2, 0) is 0 Å². The standard InChI is InChI=1S/C8H6Cl2N4O/c9-5-2-1-4(3-6(5)10)12-8-14-13-7(11)15-8/h1-3H,(H2,11,13)(H,12,14). The second-order valence-electron chi connectivity index (χ2n) is 2.70. The van der Waals surface area contributed by atoms with E-state index in [0.29, 0.717) is 15.7 Å². The van der Waals surface area contributed by atoms with Gasteiger partial charge in [-0.1, -0.05) is 33.4 Å². The molecule has 0 fully saturated rings. The van der Waals surface area contributed by atoms with Crippen LogP contribution in [0.5, 0.6) is 0 Å². The van der Waals surface area contributed by atoms with Crippen LogP contribution in [0.1, 0.15) is 0 Å². The summed E-state index contributed by atoms with van der Waals surface area (Å²) in [5, 5.41) is 10.9. The van der Waals surface area contributed by atoms with Crippen molar-refractivity contribution in [3.05, 3.63) is 28.2 Å². The van der Waals surface area contributed by atoms with E-state index in [-0.39, 0.29) is 12.0 Å². The van der Waals surface area contributed by atoms with Gasteiger partial charge in [0, 0.05) is 5.69 Å². The first kappa shape index (κ1) is 10.1. The Balaban J connectivity index is 2.21. The van der Waals surface area contributed by atoms with Gasteiger partial charge in [0.1, 0.15) is 0 Å². The summed E-state index contributed by atoms with van der Waals surface area (Å²) in [4.78, 5) is 0. The molecule has 3 N–H and O–H groups in total. The maximum absolute atomic E-state index is 5.82. The monoisotopic (exact) mass is 244 g/mol. The predicted octanol–water partition coefficient (Wildman–Crippen LogP) is 2.70. The van der Waals surface area contributed by atoms with Crippen LogP contribution in [0.25, 0.3) is 0 Å². The van der Waals surface area contributed by atoms with Crippen molar-refractivity contribution < 1.29 is 4.42 Å². The molecule has 0 aliphatic heterocycles. The summed E-state index contributed by atoms with van der Waals surface area (Å²) in [6.07, 6.45) is 0. The molecule has 0 atom stereocenters. The maximum atomic E-state index is 5.82. The molecule has 2 aromatic rings. The van der Waals surface area contributed by atoms with E-state index in [0.717, 1.165) is 0 Å². The number of rotatable bonds is 2. The number of anilines is 3. The fourth-order valence-corrected chi connectivity index (χ4v) is 1.28. The van der Waals surface area contributed by atoms with E-state index in [1.165, 1.54) is 0 Å². The van der Waals surface area contributed by atoms with Gasteiger partial charge in [-0.3, -0.25) is 0 Å². The van der Waals surface area contributed by atoms with Crippen molar-refractivity contribution in [1.29, 1.82) is 0 Å². The number of nitrogens with one attached hydrogen (secondary N) is 1. The topological polar surface area (TPSA) is 77.0 Å². The summed E-state index contributed by atoms with van der Waals surface area (Å²) in [6, 6.07) is 5.23. The van der Waals surface area contributed by atoms with Gasteiger partial charge in [0.25, 0.3) is 0 Å². The number of aromatic nitrogens is 2. The van der Waals surface area contributed by atoms with E-state index < -0.39 is 0 Å². The SMILES string of the molecule is Nc1nnc(Nc2ccc(Cl)c(Cl)c2)o1. The summed E-state index contributed by atoms with van der Waals surface area (Å²) in [5.74, 6) is 0. The number of nitrogens with zero attached hydrogens (tertiary/aromatic N) is 2. The first-order chi connectivity index (χ1) is 7.15. The van der Waals surface area contributed by atoms with Crippen LogP contribution in [0, 0.1) is 0 Å². The second-order valence-corrected chi connectivity index (χ2v) is 3.51.